The van der Waals surface area contributed by atoms with Gasteiger partial charge in [-0.1, -0.05) is 13.3 Å². The maximum Gasteiger partial charge on any atom is 0.234 e. The zero-order valence-corrected chi connectivity index (χ0v) is 10.0. The number of hydrogen-bond acceptors (Lipinski definition) is 3. The zero-order valence-electron chi connectivity index (χ0n) is 10.0. The number of unbranched alkanes of at least 4 members (excludes halogenated alkanes) is 1. The van der Waals surface area contributed by atoms with Gasteiger partial charge in [-0.2, -0.15) is 5.26 Å². The molecule has 0 radical (unpaired) electrons. The van der Waals surface area contributed by atoms with Crippen LogP contribution in [0.5, 0.6) is 0 Å². The first-order valence-corrected chi connectivity index (χ1v) is 6.15. The van der Waals surface area contributed by atoms with Crippen molar-refractivity contribution in [1.82, 2.24) is 10.2 Å². The third kappa shape index (κ3) is 5.13. The van der Waals surface area contributed by atoms with Gasteiger partial charge in [-0.3, -0.25) is 9.69 Å². The minimum atomic E-state index is 0.0956. The van der Waals surface area contributed by atoms with Gasteiger partial charge in [-0.05, 0) is 19.3 Å². The van der Waals surface area contributed by atoms with Crippen molar-refractivity contribution in [3.63, 3.8) is 0 Å². The molecule has 1 N–H and O–H groups in total. The van der Waals surface area contributed by atoms with Crippen molar-refractivity contribution in [2.45, 2.75) is 45.1 Å². The summed E-state index contributed by atoms with van der Waals surface area (Å²) in [5, 5.41) is 11.5. The van der Waals surface area contributed by atoms with Crippen molar-refractivity contribution in [1.29, 1.82) is 5.26 Å². The number of rotatable bonds is 8. The average Bonchev–Trinajstić information content (AvgIpc) is 3.08. The molecule has 0 atom stereocenters. The van der Waals surface area contributed by atoms with Gasteiger partial charge in [0, 0.05) is 25.6 Å². The largest absolute Gasteiger partial charge is 0.355 e. The van der Waals surface area contributed by atoms with Crippen LogP contribution in [-0.4, -0.2) is 36.5 Å². The Bertz CT molecular complexity index is 255. The number of amides is 1. The van der Waals surface area contributed by atoms with Gasteiger partial charge in [0.15, 0.2) is 0 Å². The SMILES string of the molecule is CCCCNC(=O)CN(CCC#N)C1CC1. The van der Waals surface area contributed by atoms with Gasteiger partial charge < -0.3 is 5.32 Å². The van der Waals surface area contributed by atoms with Crippen molar-refractivity contribution in [3.05, 3.63) is 0 Å². The van der Waals surface area contributed by atoms with E-state index in [1.807, 2.05) is 0 Å². The Balaban J connectivity index is 2.20. The molecule has 0 aromatic carbocycles. The first kappa shape index (κ1) is 13.0. The summed E-state index contributed by atoms with van der Waals surface area (Å²) in [5.74, 6) is 0.0956. The smallest absolute Gasteiger partial charge is 0.234 e. The highest BCUT2D eigenvalue weighted by atomic mass is 16.2. The predicted molar refractivity (Wildman–Crippen MR) is 62.7 cm³/mol. The molecule has 0 aromatic heterocycles. The van der Waals surface area contributed by atoms with E-state index in [0.717, 1.165) is 25.9 Å². The van der Waals surface area contributed by atoms with Crippen LogP contribution in [0.25, 0.3) is 0 Å². The fourth-order valence-corrected chi connectivity index (χ4v) is 1.67. The topological polar surface area (TPSA) is 56.1 Å². The molecule has 0 bridgehead atoms. The molecular formula is C12H21N3O. The monoisotopic (exact) mass is 223 g/mol. The standard InChI is InChI=1S/C12H21N3O/c1-2-3-8-14-12(16)10-15(9-4-7-13)11-5-6-11/h11H,2-6,8-10H2,1H3,(H,14,16). The number of nitriles is 1. The Morgan fingerprint density at radius 1 is 1.56 bits per heavy atom. The van der Waals surface area contributed by atoms with Crippen LogP contribution in [0.1, 0.15) is 39.0 Å². The normalized spacial score (nSPS) is 14.8. The molecule has 90 valence electrons. The highest BCUT2D eigenvalue weighted by Gasteiger charge is 2.29. The average molecular weight is 223 g/mol. The summed E-state index contributed by atoms with van der Waals surface area (Å²) in [6, 6.07) is 2.68. The maximum atomic E-state index is 11.6. The second-order valence-electron chi connectivity index (χ2n) is 4.31. The minimum absolute atomic E-state index is 0.0956. The van der Waals surface area contributed by atoms with Crippen molar-refractivity contribution < 1.29 is 4.79 Å². The molecule has 1 fully saturated rings. The molecular weight excluding hydrogens is 202 g/mol. The lowest BCUT2D eigenvalue weighted by Gasteiger charge is -2.19. The number of hydrogen-bond donors (Lipinski definition) is 1. The van der Waals surface area contributed by atoms with E-state index in [9.17, 15) is 4.79 Å². The van der Waals surface area contributed by atoms with E-state index < -0.39 is 0 Å². The lowest BCUT2D eigenvalue weighted by molar-refractivity contribution is -0.122. The van der Waals surface area contributed by atoms with Crippen LogP contribution in [0, 0.1) is 11.3 Å². The van der Waals surface area contributed by atoms with E-state index in [0.29, 0.717) is 19.0 Å². The number of carbonyl (C=O) groups is 1. The Labute approximate surface area is 97.6 Å². The Kier molecular flexibility index (Phi) is 5.87. The number of carbonyl (C=O) groups excluding carboxylic acids is 1. The van der Waals surface area contributed by atoms with Gasteiger partial charge in [-0.15, -0.1) is 0 Å². The molecule has 0 spiro atoms. The summed E-state index contributed by atoms with van der Waals surface area (Å²) in [6.45, 7) is 4.06. The first-order chi connectivity index (χ1) is 7.77. The molecule has 0 heterocycles. The van der Waals surface area contributed by atoms with Gasteiger partial charge >= 0.3 is 0 Å². The Morgan fingerprint density at radius 2 is 2.31 bits per heavy atom. The van der Waals surface area contributed by atoms with E-state index in [1.165, 1.54) is 12.8 Å². The van der Waals surface area contributed by atoms with Crippen LogP contribution >= 0.6 is 0 Å². The van der Waals surface area contributed by atoms with Crippen molar-refractivity contribution in [2.24, 2.45) is 0 Å². The predicted octanol–water partition coefficient (Wildman–Crippen LogP) is 1.28. The van der Waals surface area contributed by atoms with Crippen LogP contribution in [0.3, 0.4) is 0 Å². The maximum absolute atomic E-state index is 11.6. The number of nitrogens with one attached hydrogen (secondary N) is 1. The fourth-order valence-electron chi connectivity index (χ4n) is 1.67. The lowest BCUT2D eigenvalue weighted by Crippen LogP contribution is -2.39. The molecule has 4 nitrogen and oxygen atoms in total. The number of nitrogens with zero attached hydrogens (tertiary/aromatic N) is 2. The molecule has 4 heteroatoms. The molecule has 1 aliphatic rings. The van der Waals surface area contributed by atoms with E-state index in [2.05, 4.69) is 23.2 Å². The zero-order chi connectivity index (χ0) is 11.8. The Hall–Kier alpha value is -1.08. The Morgan fingerprint density at radius 3 is 2.88 bits per heavy atom. The van der Waals surface area contributed by atoms with Gasteiger partial charge in [-0.25, -0.2) is 0 Å². The molecule has 0 aromatic rings. The molecule has 1 rings (SSSR count). The van der Waals surface area contributed by atoms with E-state index in [4.69, 9.17) is 5.26 Å². The quantitative estimate of drug-likeness (QED) is 0.631. The van der Waals surface area contributed by atoms with Crippen LogP contribution in [-0.2, 0) is 4.79 Å². The summed E-state index contributed by atoms with van der Waals surface area (Å²) in [6.07, 6.45) is 4.99. The highest BCUT2D eigenvalue weighted by molar-refractivity contribution is 5.78. The van der Waals surface area contributed by atoms with Gasteiger partial charge in [0.05, 0.1) is 12.6 Å². The van der Waals surface area contributed by atoms with Crippen LogP contribution in [0.15, 0.2) is 0 Å². The summed E-state index contributed by atoms with van der Waals surface area (Å²) in [7, 11) is 0. The third-order valence-corrected chi connectivity index (χ3v) is 2.77. The molecule has 1 saturated carbocycles. The summed E-state index contributed by atoms with van der Waals surface area (Å²) in [5.41, 5.74) is 0. The third-order valence-electron chi connectivity index (χ3n) is 2.77. The molecule has 16 heavy (non-hydrogen) atoms. The van der Waals surface area contributed by atoms with Crippen molar-refractivity contribution >= 4 is 5.91 Å². The van der Waals surface area contributed by atoms with Crippen molar-refractivity contribution in [3.8, 4) is 6.07 Å². The molecule has 0 unspecified atom stereocenters. The second kappa shape index (κ2) is 7.24. The van der Waals surface area contributed by atoms with E-state index in [1.54, 1.807) is 0 Å². The van der Waals surface area contributed by atoms with Crippen LogP contribution in [0.4, 0.5) is 0 Å². The van der Waals surface area contributed by atoms with Gasteiger partial charge in [0.2, 0.25) is 5.91 Å². The molecule has 1 aliphatic carbocycles. The van der Waals surface area contributed by atoms with Gasteiger partial charge in [0.1, 0.15) is 0 Å². The van der Waals surface area contributed by atoms with Crippen molar-refractivity contribution in [2.75, 3.05) is 19.6 Å². The van der Waals surface area contributed by atoms with Crippen LogP contribution in [0.2, 0.25) is 0 Å². The summed E-state index contributed by atoms with van der Waals surface area (Å²) >= 11 is 0. The van der Waals surface area contributed by atoms with E-state index >= 15 is 0 Å². The highest BCUT2D eigenvalue weighted by Crippen LogP contribution is 2.26. The summed E-state index contributed by atoms with van der Waals surface area (Å²) in [4.78, 5) is 13.7. The minimum Gasteiger partial charge on any atom is -0.355 e. The van der Waals surface area contributed by atoms with E-state index in [-0.39, 0.29) is 5.91 Å². The molecule has 0 saturated heterocycles. The van der Waals surface area contributed by atoms with Crippen LogP contribution < -0.4 is 5.32 Å². The molecule has 1 amide bonds. The second-order valence-corrected chi connectivity index (χ2v) is 4.31. The molecule has 0 aliphatic heterocycles. The van der Waals surface area contributed by atoms with Gasteiger partial charge in [0.25, 0.3) is 0 Å². The lowest BCUT2D eigenvalue weighted by atomic mass is 10.3. The summed E-state index contributed by atoms with van der Waals surface area (Å²) < 4.78 is 0. The first-order valence-electron chi connectivity index (χ1n) is 6.15. The fraction of sp³-hybridized carbons (Fsp3) is 0.833.